The molecule has 2 amide bonds. The highest BCUT2D eigenvalue weighted by Gasteiger charge is 2.08. The molecule has 0 aliphatic rings. The van der Waals surface area contributed by atoms with Crippen molar-refractivity contribution in [3.8, 4) is 5.75 Å². The van der Waals surface area contributed by atoms with Crippen LogP contribution in [0.25, 0.3) is 0 Å². The molecule has 0 atom stereocenters. The van der Waals surface area contributed by atoms with Crippen LogP contribution in [-0.4, -0.2) is 18.4 Å². The highest BCUT2D eigenvalue weighted by Crippen LogP contribution is 2.25. The van der Waals surface area contributed by atoms with E-state index in [9.17, 15) is 9.59 Å². The molecular weight excluding hydrogens is 328 g/mol. The van der Waals surface area contributed by atoms with Gasteiger partial charge in [-0.25, -0.2) is 0 Å². The Bertz CT molecular complexity index is 775. The molecule has 0 spiro atoms. The first kappa shape index (κ1) is 17.8. The molecular formula is C18H19ClN2O3. The molecule has 0 heterocycles. The van der Waals surface area contributed by atoms with Crippen molar-refractivity contribution in [2.45, 2.75) is 20.8 Å². The first-order chi connectivity index (χ1) is 11.3. The van der Waals surface area contributed by atoms with E-state index in [0.717, 1.165) is 11.1 Å². The van der Waals surface area contributed by atoms with E-state index >= 15 is 0 Å². The van der Waals surface area contributed by atoms with Crippen molar-refractivity contribution < 1.29 is 14.3 Å². The summed E-state index contributed by atoms with van der Waals surface area (Å²) in [6.45, 7) is 5.16. The average Bonchev–Trinajstić information content (AvgIpc) is 2.51. The number of halogens is 1. The van der Waals surface area contributed by atoms with Crippen LogP contribution < -0.4 is 15.4 Å². The molecule has 2 N–H and O–H groups in total. The van der Waals surface area contributed by atoms with Gasteiger partial charge in [-0.15, -0.1) is 0 Å². The van der Waals surface area contributed by atoms with Crippen LogP contribution in [-0.2, 0) is 9.59 Å². The fraction of sp³-hybridized carbons (Fsp3) is 0.222. The van der Waals surface area contributed by atoms with Gasteiger partial charge in [-0.05, 0) is 49.2 Å². The number of carbonyl (C=O) groups excluding carboxylic acids is 2. The van der Waals surface area contributed by atoms with Gasteiger partial charge in [-0.1, -0.05) is 23.7 Å². The lowest BCUT2D eigenvalue weighted by Crippen LogP contribution is -2.20. The minimum Gasteiger partial charge on any atom is -0.483 e. The van der Waals surface area contributed by atoms with Crippen LogP contribution in [0.4, 0.5) is 11.4 Å². The van der Waals surface area contributed by atoms with Crippen molar-refractivity contribution in [1.29, 1.82) is 0 Å². The molecule has 2 rings (SSSR count). The molecule has 0 aliphatic carbocycles. The first-order valence-electron chi connectivity index (χ1n) is 7.42. The van der Waals surface area contributed by atoms with Crippen molar-refractivity contribution in [1.82, 2.24) is 0 Å². The van der Waals surface area contributed by atoms with E-state index < -0.39 is 0 Å². The zero-order chi connectivity index (χ0) is 17.7. The second-order valence-corrected chi connectivity index (χ2v) is 5.89. The number of amides is 2. The Hall–Kier alpha value is -2.53. The van der Waals surface area contributed by atoms with E-state index in [1.165, 1.54) is 6.92 Å². The van der Waals surface area contributed by atoms with Crippen molar-refractivity contribution in [3.05, 3.63) is 52.5 Å². The van der Waals surface area contributed by atoms with Crippen LogP contribution in [0.15, 0.2) is 36.4 Å². The third kappa shape index (κ3) is 4.99. The molecule has 2 aromatic carbocycles. The summed E-state index contributed by atoms with van der Waals surface area (Å²) in [6, 6.07) is 10.7. The summed E-state index contributed by atoms with van der Waals surface area (Å²) in [5, 5.41) is 5.72. The Kier molecular flexibility index (Phi) is 5.82. The summed E-state index contributed by atoms with van der Waals surface area (Å²) in [4.78, 5) is 23.2. The quantitative estimate of drug-likeness (QED) is 0.861. The Morgan fingerprint density at radius 1 is 1.08 bits per heavy atom. The number of rotatable bonds is 5. The molecule has 2 aromatic rings. The van der Waals surface area contributed by atoms with Gasteiger partial charge in [-0.3, -0.25) is 9.59 Å². The maximum atomic E-state index is 12.0. The standard InChI is InChI=1S/C18H19ClN2O3/c1-11-4-5-12(2)17(8-11)24-10-18(23)21-14-6-7-15(19)16(9-14)20-13(3)22/h4-9H,10H2,1-3H3,(H,20,22)(H,21,23). The van der Waals surface area contributed by atoms with Crippen LogP contribution >= 0.6 is 11.6 Å². The third-order valence-corrected chi connectivity index (χ3v) is 3.59. The molecule has 0 aromatic heterocycles. The number of hydrogen-bond acceptors (Lipinski definition) is 3. The normalized spacial score (nSPS) is 10.2. The zero-order valence-electron chi connectivity index (χ0n) is 13.8. The summed E-state index contributed by atoms with van der Waals surface area (Å²) in [6.07, 6.45) is 0. The Morgan fingerprint density at radius 3 is 2.54 bits per heavy atom. The lowest BCUT2D eigenvalue weighted by molar-refractivity contribution is -0.118. The molecule has 0 unspecified atom stereocenters. The maximum Gasteiger partial charge on any atom is 0.262 e. The van der Waals surface area contributed by atoms with E-state index in [-0.39, 0.29) is 18.4 Å². The lowest BCUT2D eigenvalue weighted by atomic mass is 10.1. The monoisotopic (exact) mass is 346 g/mol. The summed E-state index contributed by atoms with van der Waals surface area (Å²) in [7, 11) is 0. The van der Waals surface area contributed by atoms with E-state index in [0.29, 0.717) is 22.1 Å². The van der Waals surface area contributed by atoms with Crippen LogP contribution in [0.1, 0.15) is 18.1 Å². The smallest absolute Gasteiger partial charge is 0.262 e. The first-order valence-corrected chi connectivity index (χ1v) is 7.80. The minimum absolute atomic E-state index is 0.109. The van der Waals surface area contributed by atoms with Gasteiger partial charge >= 0.3 is 0 Å². The Morgan fingerprint density at radius 2 is 1.83 bits per heavy atom. The number of aryl methyl sites for hydroxylation is 2. The second kappa shape index (κ2) is 7.84. The molecule has 0 saturated heterocycles. The highest BCUT2D eigenvalue weighted by atomic mass is 35.5. The number of nitrogens with one attached hydrogen (secondary N) is 2. The summed E-state index contributed by atoms with van der Waals surface area (Å²) in [5.41, 5.74) is 3.00. The van der Waals surface area contributed by atoms with Gasteiger partial charge in [0.2, 0.25) is 5.91 Å². The van der Waals surface area contributed by atoms with Gasteiger partial charge in [0.25, 0.3) is 5.91 Å². The summed E-state index contributed by atoms with van der Waals surface area (Å²) in [5.74, 6) is 0.144. The molecule has 0 radical (unpaired) electrons. The van der Waals surface area contributed by atoms with Gasteiger partial charge in [0.05, 0.1) is 10.7 Å². The Balaban J connectivity index is 1.99. The van der Waals surface area contributed by atoms with Crippen LogP contribution in [0.5, 0.6) is 5.75 Å². The van der Waals surface area contributed by atoms with Crippen molar-refractivity contribution in [3.63, 3.8) is 0 Å². The van der Waals surface area contributed by atoms with E-state index in [1.807, 2.05) is 32.0 Å². The van der Waals surface area contributed by atoms with Crippen molar-refractivity contribution >= 4 is 34.8 Å². The zero-order valence-corrected chi connectivity index (χ0v) is 14.5. The number of anilines is 2. The number of carbonyl (C=O) groups is 2. The molecule has 0 fully saturated rings. The van der Waals surface area contributed by atoms with Crippen LogP contribution in [0.2, 0.25) is 5.02 Å². The second-order valence-electron chi connectivity index (χ2n) is 5.48. The van der Waals surface area contributed by atoms with Gasteiger partial charge in [-0.2, -0.15) is 0 Å². The maximum absolute atomic E-state index is 12.0. The molecule has 0 saturated carbocycles. The molecule has 126 valence electrons. The topological polar surface area (TPSA) is 67.4 Å². The Labute approximate surface area is 146 Å². The minimum atomic E-state index is -0.299. The average molecular weight is 347 g/mol. The van der Waals surface area contributed by atoms with Gasteiger partial charge < -0.3 is 15.4 Å². The van der Waals surface area contributed by atoms with E-state index in [2.05, 4.69) is 10.6 Å². The van der Waals surface area contributed by atoms with Crippen LogP contribution in [0, 0.1) is 13.8 Å². The molecule has 24 heavy (non-hydrogen) atoms. The predicted octanol–water partition coefficient (Wildman–Crippen LogP) is 3.93. The highest BCUT2D eigenvalue weighted by molar-refractivity contribution is 6.33. The van der Waals surface area contributed by atoms with Crippen LogP contribution in [0.3, 0.4) is 0 Å². The largest absolute Gasteiger partial charge is 0.483 e. The fourth-order valence-electron chi connectivity index (χ4n) is 2.09. The molecule has 6 heteroatoms. The molecule has 0 aliphatic heterocycles. The van der Waals surface area contributed by atoms with Gasteiger partial charge in [0, 0.05) is 12.6 Å². The van der Waals surface area contributed by atoms with Gasteiger partial charge in [0.15, 0.2) is 6.61 Å². The lowest BCUT2D eigenvalue weighted by Gasteiger charge is -2.12. The fourth-order valence-corrected chi connectivity index (χ4v) is 2.26. The van der Waals surface area contributed by atoms with Gasteiger partial charge in [0.1, 0.15) is 5.75 Å². The molecule has 0 bridgehead atoms. The predicted molar refractivity (Wildman–Crippen MR) is 95.8 cm³/mol. The number of benzene rings is 2. The van der Waals surface area contributed by atoms with E-state index in [4.69, 9.17) is 16.3 Å². The van der Waals surface area contributed by atoms with Crippen molar-refractivity contribution in [2.24, 2.45) is 0 Å². The summed E-state index contributed by atoms with van der Waals surface area (Å²) >= 11 is 6.00. The number of hydrogen-bond donors (Lipinski definition) is 2. The summed E-state index contributed by atoms with van der Waals surface area (Å²) < 4.78 is 5.56. The molecule has 5 nitrogen and oxygen atoms in total. The number of ether oxygens (including phenoxy) is 1. The third-order valence-electron chi connectivity index (χ3n) is 3.26. The van der Waals surface area contributed by atoms with E-state index in [1.54, 1.807) is 18.2 Å². The van der Waals surface area contributed by atoms with Crippen molar-refractivity contribution in [2.75, 3.05) is 17.2 Å². The SMILES string of the molecule is CC(=O)Nc1cc(NC(=O)COc2cc(C)ccc2C)ccc1Cl.